The quantitative estimate of drug-likeness (QED) is 0.863. The third kappa shape index (κ3) is 2.61. The molecule has 0 saturated heterocycles. The molecule has 6 heteroatoms. The van der Waals surface area contributed by atoms with Crippen LogP contribution in [0.25, 0.3) is 0 Å². The van der Waals surface area contributed by atoms with Gasteiger partial charge in [-0.15, -0.1) is 11.3 Å². The first-order valence-corrected chi connectivity index (χ1v) is 8.08. The Balaban J connectivity index is 1.83. The van der Waals surface area contributed by atoms with Crippen LogP contribution in [0.5, 0.6) is 0 Å². The number of benzene rings is 1. The van der Waals surface area contributed by atoms with Gasteiger partial charge in [0.25, 0.3) is 0 Å². The molecule has 1 heterocycles. The molecule has 0 spiro atoms. The smallest absolute Gasteiger partial charge is 0.338 e. The molecular formula is C15H12BrNO3S. The maximum absolute atomic E-state index is 12.5. The molecule has 21 heavy (non-hydrogen) atoms. The lowest BCUT2D eigenvalue weighted by atomic mass is 9.95. The molecule has 1 aromatic carbocycles. The second-order valence-corrected chi connectivity index (χ2v) is 6.84. The number of hydrogen-bond donors (Lipinski definition) is 2. The van der Waals surface area contributed by atoms with Gasteiger partial charge in [-0.1, -0.05) is 28.1 Å². The van der Waals surface area contributed by atoms with Crippen LogP contribution in [-0.4, -0.2) is 17.0 Å². The van der Waals surface area contributed by atoms with Crippen molar-refractivity contribution in [3.05, 3.63) is 51.3 Å². The fourth-order valence-electron chi connectivity index (χ4n) is 2.34. The Hall–Kier alpha value is -1.66. The largest absolute Gasteiger partial charge is 0.478 e. The van der Waals surface area contributed by atoms with E-state index < -0.39 is 11.4 Å². The molecule has 0 radical (unpaired) electrons. The van der Waals surface area contributed by atoms with Crippen molar-refractivity contribution in [3.8, 4) is 0 Å². The van der Waals surface area contributed by atoms with Crippen molar-refractivity contribution in [2.24, 2.45) is 0 Å². The van der Waals surface area contributed by atoms with E-state index in [1.807, 2.05) is 24.3 Å². The first-order valence-electron chi connectivity index (χ1n) is 6.41. The summed E-state index contributed by atoms with van der Waals surface area (Å²) in [5.41, 5.74) is 0.595. The summed E-state index contributed by atoms with van der Waals surface area (Å²) in [4.78, 5) is 23.6. The van der Waals surface area contributed by atoms with E-state index in [1.165, 1.54) is 17.4 Å². The normalized spacial score (nSPS) is 15.5. The number of carbonyl (C=O) groups excluding carboxylic acids is 1. The van der Waals surface area contributed by atoms with E-state index in [9.17, 15) is 9.59 Å². The van der Waals surface area contributed by atoms with Crippen LogP contribution in [0.1, 0.15) is 28.8 Å². The third-order valence-electron chi connectivity index (χ3n) is 3.70. The first kappa shape index (κ1) is 14.3. The highest BCUT2D eigenvalue weighted by Gasteiger charge is 2.51. The second-order valence-electron chi connectivity index (χ2n) is 5.01. The van der Waals surface area contributed by atoms with Crippen LogP contribution in [0, 0.1) is 0 Å². The van der Waals surface area contributed by atoms with Gasteiger partial charge in [0.1, 0.15) is 5.00 Å². The Morgan fingerprint density at radius 2 is 1.86 bits per heavy atom. The molecule has 1 aliphatic carbocycles. The molecule has 2 aromatic rings. The summed E-state index contributed by atoms with van der Waals surface area (Å²) in [6.45, 7) is 0. The summed E-state index contributed by atoms with van der Waals surface area (Å²) >= 11 is 4.61. The molecule has 1 saturated carbocycles. The van der Waals surface area contributed by atoms with Crippen LogP contribution >= 0.6 is 27.3 Å². The van der Waals surface area contributed by atoms with Crippen LogP contribution in [0.15, 0.2) is 40.2 Å². The van der Waals surface area contributed by atoms with Gasteiger partial charge in [-0.2, -0.15) is 0 Å². The van der Waals surface area contributed by atoms with Crippen LogP contribution in [0.3, 0.4) is 0 Å². The van der Waals surface area contributed by atoms with E-state index in [-0.39, 0.29) is 11.5 Å². The number of carbonyl (C=O) groups is 2. The zero-order valence-electron chi connectivity index (χ0n) is 10.9. The van der Waals surface area contributed by atoms with Crippen LogP contribution in [0.2, 0.25) is 0 Å². The summed E-state index contributed by atoms with van der Waals surface area (Å²) in [7, 11) is 0. The van der Waals surface area contributed by atoms with Gasteiger partial charge < -0.3 is 10.4 Å². The number of halogens is 1. The van der Waals surface area contributed by atoms with Gasteiger partial charge in [-0.3, -0.25) is 4.79 Å². The van der Waals surface area contributed by atoms with Gasteiger partial charge in [-0.05, 0) is 42.0 Å². The van der Waals surface area contributed by atoms with Crippen LogP contribution in [-0.2, 0) is 10.2 Å². The molecule has 0 unspecified atom stereocenters. The Morgan fingerprint density at radius 3 is 2.43 bits per heavy atom. The summed E-state index contributed by atoms with van der Waals surface area (Å²) in [5.74, 6) is -1.16. The molecule has 3 rings (SSSR count). The number of hydrogen-bond acceptors (Lipinski definition) is 3. The zero-order valence-corrected chi connectivity index (χ0v) is 13.3. The van der Waals surface area contributed by atoms with Gasteiger partial charge in [0.05, 0.1) is 11.0 Å². The lowest BCUT2D eigenvalue weighted by molar-refractivity contribution is -0.118. The molecule has 0 bridgehead atoms. The zero-order chi connectivity index (χ0) is 15.0. The minimum absolute atomic E-state index is 0.130. The van der Waals surface area contributed by atoms with Crippen molar-refractivity contribution in [2.45, 2.75) is 18.3 Å². The van der Waals surface area contributed by atoms with Crippen molar-refractivity contribution < 1.29 is 14.7 Å². The molecular weight excluding hydrogens is 354 g/mol. The lowest BCUT2D eigenvalue weighted by Gasteiger charge is -2.15. The SMILES string of the molecule is O=C(O)c1ccsc1NC(=O)C1(c2ccc(Br)cc2)CC1. The van der Waals surface area contributed by atoms with Crippen molar-refractivity contribution in [3.63, 3.8) is 0 Å². The summed E-state index contributed by atoms with van der Waals surface area (Å²) in [6, 6.07) is 9.20. The fraction of sp³-hybridized carbons (Fsp3) is 0.200. The minimum atomic E-state index is -1.03. The Labute approximate surface area is 133 Å². The molecule has 108 valence electrons. The highest BCUT2D eigenvalue weighted by molar-refractivity contribution is 9.10. The number of rotatable bonds is 4. The number of aromatic carboxylic acids is 1. The van der Waals surface area contributed by atoms with Crippen molar-refractivity contribution in [2.75, 3.05) is 5.32 Å². The molecule has 0 aliphatic heterocycles. The Kier molecular flexibility index (Phi) is 3.59. The van der Waals surface area contributed by atoms with Gasteiger partial charge in [0, 0.05) is 4.47 Å². The number of carboxylic acid groups (broad SMARTS) is 1. The predicted octanol–water partition coefficient (Wildman–Crippen LogP) is 3.88. The van der Waals surface area contributed by atoms with E-state index in [0.29, 0.717) is 5.00 Å². The van der Waals surface area contributed by atoms with Gasteiger partial charge >= 0.3 is 5.97 Å². The third-order valence-corrected chi connectivity index (χ3v) is 5.06. The van der Waals surface area contributed by atoms with Crippen LogP contribution in [0.4, 0.5) is 5.00 Å². The van der Waals surface area contributed by atoms with E-state index >= 15 is 0 Å². The van der Waals surface area contributed by atoms with Gasteiger partial charge in [-0.25, -0.2) is 4.79 Å². The topological polar surface area (TPSA) is 66.4 Å². The summed E-state index contributed by atoms with van der Waals surface area (Å²) < 4.78 is 0.967. The Morgan fingerprint density at radius 1 is 1.19 bits per heavy atom. The Bertz CT molecular complexity index is 704. The standard InChI is InChI=1S/C15H12BrNO3S/c16-10-3-1-9(2-4-10)15(6-7-15)14(20)17-12-11(13(18)19)5-8-21-12/h1-5,8H,6-7H2,(H,17,20)(H,18,19). The van der Waals surface area contributed by atoms with E-state index in [1.54, 1.807) is 5.38 Å². The number of carboxylic acids is 1. The first-order chi connectivity index (χ1) is 10.0. The average Bonchev–Trinajstić information content (AvgIpc) is 3.13. The average molecular weight is 366 g/mol. The number of anilines is 1. The monoisotopic (exact) mass is 365 g/mol. The van der Waals surface area contributed by atoms with Gasteiger partial charge in [0.15, 0.2) is 0 Å². The highest BCUT2D eigenvalue weighted by Crippen LogP contribution is 2.49. The van der Waals surface area contributed by atoms with Crippen molar-refractivity contribution in [1.29, 1.82) is 0 Å². The molecule has 0 atom stereocenters. The van der Waals surface area contributed by atoms with Crippen molar-refractivity contribution >= 4 is 44.1 Å². The highest BCUT2D eigenvalue weighted by atomic mass is 79.9. The predicted molar refractivity (Wildman–Crippen MR) is 85.0 cm³/mol. The van der Waals surface area contributed by atoms with E-state index in [0.717, 1.165) is 22.9 Å². The maximum Gasteiger partial charge on any atom is 0.338 e. The van der Waals surface area contributed by atoms with E-state index in [4.69, 9.17) is 5.11 Å². The second kappa shape index (κ2) is 5.27. The fourth-order valence-corrected chi connectivity index (χ4v) is 3.38. The van der Waals surface area contributed by atoms with Crippen molar-refractivity contribution in [1.82, 2.24) is 0 Å². The minimum Gasteiger partial charge on any atom is -0.478 e. The van der Waals surface area contributed by atoms with Gasteiger partial charge in [0.2, 0.25) is 5.91 Å². The van der Waals surface area contributed by atoms with E-state index in [2.05, 4.69) is 21.2 Å². The summed E-state index contributed by atoms with van der Waals surface area (Å²) in [5, 5.41) is 13.9. The number of nitrogens with one attached hydrogen (secondary N) is 1. The number of amides is 1. The summed E-state index contributed by atoms with van der Waals surface area (Å²) in [6.07, 6.45) is 1.57. The maximum atomic E-state index is 12.5. The molecule has 2 N–H and O–H groups in total. The molecule has 1 aromatic heterocycles. The molecule has 1 fully saturated rings. The van der Waals surface area contributed by atoms with Crippen LogP contribution < -0.4 is 5.32 Å². The molecule has 1 aliphatic rings. The molecule has 1 amide bonds. The molecule has 4 nitrogen and oxygen atoms in total. The lowest BCUT2D eigenvalue weighted by Crippen LogP contribution is -2.28. The number of thiophene rings is 1.